The predicted octanol–water partition coefficient (Wildman–Crippen LogP) is 3.10. The molecule has 1 unspecified atom stereocenters. The molecule has 1 N–H and O–H groups in total. The highest BCUT2D eigenvalue weighted by molar-refractivity contribution is 5.83. The van der Waals surface area contributed by atoms with E-state index in [4.69, 9.17) is 0 Å². The first kappa shape index (κ1) is 19.4. The number of piperidine rings is 1. The molecule has 6 nitrogen and oxygen atoms in total. The molecule has 1 atom stereocenters. The Morgan fingerprint density at radius 1 is 1.22 bits per heavy atom. The number of aromatic nitrogens is 2. The van der Waals surface area contributed by atoms with Crippen LogP contribution in [-0.2, 0) is 22.7 Å². The third-order valence-corrected chi connectivity index (χ3v) is 5.24. The summed E-state index contributed by atoms with van der Waals surface area (Å²) in [5.74, 6) is 0.803. The van der Waals surface area contributed by atoms with Crippen LogP contribution in [0.2, 0.25) is 0 Å². The van der Waals surface area contributed by atoms with E-state index in [2.05, 4.69) is 17.2 Å². The summed E-state index contributed by atoms with van der Waals surface area (Å²) in [5, 5.41) is 2.95. The molecule has 6 heteroatoms. The van der Waals surface area contributed by atoms with E-state index in [1.54, 1.807) is 0 Å². The smallest absolute Gasteiger partial charge is 0.242 e. The van der Waals surface area contributed by atoms with Crippen molar-refractivity contribution in [3.8, 4) is 0 Å². The fourth-order valence-electron chi connectivity index (χ4n) is 3.56. The van der Waals surface area contributed by atoms with Crippen molar-refractivity contribution in [2.24, 2.45) is 5.41 Å². The lowest BCUT2D eigenvalue weighted by Gasteiger charge is -2.33. The van der Waals surface area contributed by atoms with Crippen LogP contribution in [0.5, 0.6) is 0 Å². The normalized spacial score (nSPS) is 17.9. The Bertz CT molecular complexity index is 834. The van der Waals surface area contributed by atoms with Crippen molar-refractivity contribution in [2.45, 2.75) is 66.1 Å². The van der Waals surface area contributed by atoms with E-state index in [1.807, 2.05) is 54.5 Å². The fourth-order valence-corrected chi connectivity index (χ4v) is 3.56. The quantitative estimate of drug-likeness (QED) is 0.899. The summed E-state index contributed by atoms with van der Waals surface area (Å²) < 4.78 is 1.95. The molecule has 0 aliphatic carbocycles. The zero-order valence-corrected chi connectivity index (χ0v) is 16.8. The molecule has 0 saturated carbocycles. The average Bonchev–Trinajstić information content (AvgIpc) is 2.96. The maximum Gasteiger partial charge on any atom is 0.242 e. The molecule has 2 heterocycles. The summed E-state index contributed by atoms with van der Waals surface area (Å²) in [6, 6.07) is 8.09. The van der Waals surface area contributed by atoms with Gasteiger partial charge in [-0.25, -0.2) is 4.98 Å². The van der Waals surface area contributed by atoms with Crippen LogP contribution in [-0.4, -0.2) is 38.9 Å². The Balaban J connectivity index is 1.84. The number of amides is 2. The van der Waals surface area contributed by atoms with Gasteiger partial charge >= 0.3 is 0 Å². The monoisotopic (exact) mass is 370 g/mol. The van der Waals surface area contributed by atoms with Crippen molar-refractivity contribution in [3.63, 3.8) is 0 Å². The summed E-state index contributed by atoms with van der Waals surface area (Å²) in [4.78, 5) is 31.9. The van der Waals surface area contributed by atoms with Crippen molar-refractivity contribution in [1.29, 1.82) is 0 Å². The molecule has 1 aliphatic rings. The number of imidazole rings is 1. The van der Waals surface area contributed by atoms with Crippen LogP contribution in [0.1, 0.15) is 52.8 Å². The molecule has 0 radical (unpaired) electrons. The number of fused-ring (bicyclic) bond motifs is 1. The van der Waals surface area contributed by atoms with E-state index < -0.39 is 5.41 Å². The Morgan fingerprint density at radius 2 is 1.96 bits per heavy atom. The van der Waals surface area contributed by atoms with Gasteiger partial charge in [-0.1, -0.05) is 32.9 Å². The Kier molecular flexibility index (Phi) is 5.53. The van der Waals surface area contributed by atoms with Gasteiger partial charge in [0.1, 0.15) is 12.4 Å². The van der Waals surface area contributed by atoms with Gasteiger partial charge < -0.3 is 14.8 Å². The highest BCUT2D eigenvalue weighted by atomic mass is 16.2. The second-order valence-corrected chi connectivity index (χ2v) is 8.47. The molecule has 2 amide bonds. The maximum absolute atomic E-state index is 13.0. The number of carbonyl (C=O) groups is 2. The predicted molar refractivity (Wildman–Crippen MR) is 106 cm³/mol. The number of likely N-dealkylation sites (tertiary alicyclic amines) is 1. The SMILES string of the molecule is CC1CCCCN1C(=O)Cn1c(CNC(=O)C(C)(C)C)nc2ccccc21. The molecule has 1 aromatic heterocycles. The summed E-state index contributed by atoms with van der Waals surface area (Å²) in [7, 11) is 0. The zero-order chi connectivity index (χ0) is 19.6. The van der Waals surface area contributed by atoms with Gasteiger partial charge in [-0.15, -0.1) is 0 Å². The Labute approximate surface area is 160 Å². The third kappa shape index (κ3) is 4.31. The first-order valence-corrected chi connectivity index (χ1v) is 9.79. The van der Waals surface area contributed by atoms with Crippen LogP contribution < -0.4 is 5.32 Å². The van der Waals surface area contributed by atoms with Gasteiger partial charge in [0.15, 0.2) is 0 Å². The number of nitrogens with one attached hydrogen (secondary N) is 1. The van der Waals surface area contributed by atoms with E-state index in [1.165, 1.54) is 6.42 Å². The minimum absolute atomic E-state index is 0.0305. The van der Waals surface area contributed by atoms with E-state index in [-0.39, 0.29) is 24.4 Å². The number of para-hydroxylation sites is 2. The molecule has 27 heavy (non-hydrogen) atoms. The van der Waals surface area contributed by atoms with E-state index in [9.17, 15) is 9.59 Å². The number of hydrogen-bond donors (Lipinski definition) is 1. The van der Waals surface area contributed by atoms with Gasteiger partial charge in [0.05, 0.1) is 17.6 Å². The summed E-state index contributed by atoms with van der Waals surface area (Å²) >= 11 is 0. The molecular weight excluding hydrogens is 340 g/mol. The molecule has 3 rings (SSSR count). The molecule has 1 saturated heterocycles. The van der Waals surface area contributed by atoms with Crippen molar-refractivity contribution in [1.82, 2.24) is 19.8 Å². The van der Waals surface area contributed by atoms with Gasteiger partial charge in [-0.2, -0.15) is 0 Å². The molecule has 146 valence electrons. The molecule has 2 aromatic rings. The largest absolute Gasteiger partial charge is 0.348 e. The standard InChI is InChI=1S/C21H30N4O2/c1-15-9-7-8-12-24(15)19(26)14-25-17-11-6-5-10-16(17)23-18(25)13-22-20(27)21(2,3)4/h5-6,10-11,15H,7-9,12-14H2,1-4H3,(H,22,27). The van der Waals surface area contributed by atoms with Crippen molar-refractivity contribution < 1.29 is 9.59 Å². The number of carbonyl (C=O) groups excluding carboxylic acids is 2. The summed E-state index contributed by atoms with van der Waals surface area (Å²) in [6.45, 7) is 9.15. The van der Waals surface area contributed by atoms with Crippen LogP contribution in [0, 0.1) is 5.41 Å². The van der Waals surface area contributed by atoms with Gasteiger partial charge in [-0.05, 0) is 38.3 Å². The first-order chi connectivity index (χ1) is 12.8. The molecular formula is C21H30N4O2. The van der Waals surface area contributed by atoms with Crippen molar-refractivity contribution in [2.75, 3.05) is 6.54 Å². The van der Waals surface area contributed by atoms with E-state index >= 15 is 0 Å². The van der Waals surface area contributed by atoms with E-state index in [0.29, 0.717) is 12.4 Å². The average molecular weight is 370 g/mol. The lowest BCUT2D eigenvalue weighted by Crippen LogP contribution is -2.44. The van der Waals surface area contributed by atoms with Gasteiger partial charge in [-0.3, -0.25) is 9.59 Å². The molecule has 1 aromatic carbocycles. The number of hydrogen-bond acceptors (Lipinski definition) is 3. The Hall–Kier alpha value is -2.37. The van der Waals surface area contributed by atoms with Crippen LogP contribution in [0.25, 0.3) is 11.0 Å². The highest BCUT2D eigenvalue weighted by Gasteiger charge is 2.25. The highest BCUT2D eigenvalue weighted by Crippen LogP contribution is 2.20. The van der Waals surface area contributed by atoms with Crippen molar-refractivity contribution in [3.05, 3.63) is 30.1 Å². The van der Waals surface area contributed by atoms with Gasteiger partial charge in [0, 0.05) is 18.0 Å². The second kappa shape index (κ2) is 7.71. The zero-order valence-electron chi connectivity index (χ0n) is 16.8. The summed E-state index contributed by atoms with van der Waals surface area (Å²) in [5.41, 5.74) is 1.31. The lowest BCUT2D eigenvalue weighted by atomic mass is 9.96. The molecule has 1 fully saturated rings. The van der Waals surface area contributed by atoms with Crippen molar-refractivity contribution >= 4 is 22.8 Å². The minimum atomic E-state index is -0.462. The summed E-state index contributed by atoms with van der Waals surface area (Å²) in [6.07, 6.45) is 3.31. The van der Waals surface area contributed by atoms with Gasteiger partial charge in [0.25, 0.3) is 0 Å². The van der Waals surface area contributed by atoms with E-state index in [0.717, 1.165) is 30.4 Å². The minimum Gasteiger partial charge on any atom is -0.348 e. The van der Waals surface area contributed by atoms with Crippen LogP contribution >= 0.6 is 0 Å². The maximum atomic E-state index is 13.0. The molecule has 1 aliphatic heterocycles. The number of benzene rings is 1. The lowest BCUT2D eigenvalue weighted by molar-refractivity contribution is -0.135. The van der Waals surface area contributed by atoms with Crippen LogP contribution in [0.3, 0.4) is 0 Å². The Morgan fingerprint density at radius 3 is 2.67 bits per heavy atom. The van der Waals surface area contributed by atoms with Gasteiger partial charge in [0.2, 0.25) is 11.8 Å². The van der Waals surface area contributed by atoms with Crippen LogP contribution in [0.4, 0.5) is 0 Å². The third-order valence-electron chi connectivity index (χ3n) is 5.24. The van der Waals surface area contributed by atoms with Crippen LogP contribution in [0.15, 0.2) is 24.3 Å². The second-order valence-electron chi connectivity index (χ2n) is 8.47. The topological polar surface area (TPSA) is 67.2 Å². The number of nitrogens with zero attached hydrogens (tertiary/aromatic N) is 3. The number of rotatable bonds is 4. The fraction of sp³-hybridized carbons (Fsp3) is 0.571. The molecule has 0 bridgehead atoms. The molecule has 0 spiro atoms. The first-order valence-electron chi connectivity index (χ1n) is 9.79.